The van der Waals surface area contributed by atoms with Gasteiger partial charge in [0.2, 0.25) is 0 Å². The van der Waals surface area contributed by atoms with Crippen molar-refractivity contribution >= 4 is 33.0 Å². The van der Waals surface area contributed by atoms with Crippen LogP contribution in [0.5, 0.6) is 0 Å². The van der Waals surface area contributed by atoms with Crippen molar-refractivity contribution < 1.29 is 28.9 Å². The third-order valence-electron chi connectivity index (χ3n) is 13.0. The fourth-order valence-electron chi connectivity index (χ4n) is 9.16. The summed E-state index contributed by atoms with van der Waals surface area (Å²) in [5, 5.41) is 2.15. The van der Waals surface area contributed by atoms with Gasteiger partial charge < -0.3 is 19.0 Å². The average Bonchev–Trinajstić information content (AvgIpc) is 4.05. The molecule has 12 aromatic rings. The quantitative estimate of drug-likeness (QED) is 0.141. The van der Waals surface area contributed by atoms with Gasteiger partial charge in [-0.15, -0.1) is 54.1 Å². The Kier molecular flexibility index (Phi) is 16.0. The second-order valence-corrected chi connectivity index (χ2v) is 20.0. The molecule has 0 unspecified atom stereocenters. The molecule has 76 heavy (non-hydrogen) atoms. The van der Waals surface area contributed by atoms with Gasteiger partial charge in [-0.25, -0.2) is 6.07 Å². The molecule has 0 spiro atoms. The van der Waals surface area contributed by atoms with E-state index in [1.807, 2.05) is 48.5 Å². The van der Waals surface area contributed by atoms with Crippen molar-refractivity contribution in [2.75, 3.05) is 0 Å². The van der Waals surface area contributed by atoms with E-state index in [0.29, 0.717) is 0 Å². The van der Waals surface area contributed by atoms with E-state index < -0.39 is 0 Å². The number of furan rings is 1. The molecule has 7 nitrogen and oxygen atoms in total. The standard InChI is InChI=1S/C43H35N2O.C13H14N3.C11H7FN.Ir/c1-27(2)36-24-32(30-16-9-6-10-17-30)25-37(28(3)4)41(36)45-39-21-12-11-20-38(39)44-43(45)35-19-13-18-34-33-23-22-31(26-40(33)46-42(34)35)29-14-7-5-8-15-29;1-13(2,3)12-15-9-7-11(16-12)10-6-4-5-8-14-10;12-10-6-4-9(5-7-10)11-3-1-2-8-13-11;/h5-18,20-28H,1-4H3;4-6,8-9H,1-3H3;1-4,6-8H;/q3*-1;+3. The van der Waals surface area contributed by atoms with Crippen LogP contribution in [0.3, 0.4) is 0 Å². The van der Waals surface area contributed by atoms with Crippen molar-refractivity contribution in [1.82, 2.24) is 29.5 Å². The molecule has 5 heterocycles. The maximum Gasteiger partial charge on any atom is 3.00 e. The SMILES string of the molecule is CC(C)(C)c1nc[c-]c(-c2ccccn2)n1.CC(C)c1cc(-c2ccccc2)cc(C(C)C)c1-n1c(-c2[c-]ccc3c2oc2cc(-c4ccccc4)ccc23)nc2ccccc21.Fc1c[c-]c(-c2ccccn2)cc1.[Ir+3]. The second-order valence-electron chi connectivity index (χ2n) is 20.0. The van der Waals surface area contributed by atoms with Crippen LogP contribution in [-0.2, 0) is 25.5 Å². The van der Waals surface area contributed by atoms with Gasteiger partial charge in [0, 0.05) is 34.7 Å². The summed E-state index contributed by atoms with van der Waals surface area (Å²) in [5.41, 5.74) is 16.2. The number of imidazole rings is 1. The van der Waals surface area contributed by atoms with E-state index in [4.69, 9.17) is 9.40 Å². The number of nitrogens with zero attached hydrogens (tertiary/aromatic N) is 6. The smallest absolute Gasteiger partial charge is 0.501 e. The molecule has 7 aromatic carbocycles. The Hall–Kier alpha value is -8.23. The number of benzene rings is 7. The van der Waals surface area contributed by atoms with E-state index in [-0.39, 0.29) is 43.2 Å². The topological polar surface area (TPSA) is 82.5 Å². The van der Waals surface area contributed by atoms with Crippen molar-refractivity contribution in [3.8, 4) is 62.0 Å². The molecule has 0 aliphatic rings. The molecule has 0 radical (unpaired) electrons. The largest absolute Gasteiger partial charge is 3.00 e. The molecule has 0 aliphatic carbocycles. The maximum atomic E-state index is 12.6. The van der Waals surface area contributed by atoms with Crippen LogP contribution in [0.25, 0.3) is 94.9 Å². The molecule has 0 N–H and O–H groups in total. The van der Waals surface area contributed by atoms with E-state index in [1.165, 1.54) is 45.6 Å². The Balaban J connectivity index is 0.000000191. The van der Waals surface area contributed by atoms with Crippen molar-refractivity contribution in [3.63, 3.8) is 0 Å². The van der Waals surface area contributed by atoms with Crippen LogP contribution in [0, 0.1) is 24.0 Å². The Morgan fingerprint density at radius 1 is 0.566 bits per heavy atom. The van der Waals surface area contributed by atoms with E-state index in [1.54, 1.807) is 24.7 Å². The van der Waals surface area contributed by atoms with Crippen molar-refractivity contribution in [2.45, 2.75) is 65.7 Å². The van der Waals surface area contributed by atoms with Gasteiger partial charge in [0.1, 0.15) is 11.4 Å². The van der Waals surface area contributed by atoms with Gasteiger partial charge in [-0.3, -0.25) is 19.3 Å². The first-order chi connectivity index (χ1) is 36.4. The normalized spacial score (nSPS) is 11.3. The molecule has 0 amide bonds. The first-order valence-corrected chi connectivity index (χ1v) is 25.3. The van der Waals surface area contributed by atoms with Crippen LogP contribution in [0.4, 0.5) is 4.39 Å². The Morgan fingerprint density at radius 3 is 1.82 bits per heavy atom. The molecule has 12 rings (SSSR count). The minimum absolute atomic E-state index is 0. The first-order valence-electron chi connectivity index (χ1n) is 25.3. The Bertz CT molecular complexity index is 3840. The number of halogens is 1. The fraction of sp³-hybridized carbons (Fsp3) is 0.149. The zero-order chi connectivity index (χ0) is 52.1. The minimum atomic E-state index is -0.278. The molecular weight excluding hydrogens is 1120 g/mol. The number of hydrogen-bond acceptors (Lipinski definition) is 6. The van der Waals surface area contributed by atoms with Crippen LogP contribution >= 0.6 is 0 Å². The van der Waals surface area contributed by atoms with Gasteiger partial charge >= 0.3 is 20.1 Å². The Labute approximate surface area is 458 Å². The molecular formula is C67H56FIrN6O. The molecule has 0 saturated carbocycles. The minimum Gasteiger partial charge on any atom is -0.501 e. The average molecular weight is 1170 g/mol. The summed E-state index contributed by atoms with van der Waals surface area (Å²) in [5.74, 6) is 1.94. The number of hydrogen-bond donors (Lipinski definition) is 0. The molecule has 0 saturated heterocycles. The van der Waals surface area contributed by atoms with E-state index in [2.05, 4.69) is 206 Å². The van der Waals surface area contributed by atoms with Crippen LogP contribution in [-0.4, -0.2) is 29.5 Å². The summed E-state index contributed by atoms with van der Waals surface area (Å²) >= 11 is 0. The molecule has 0 aliphatic heterocycles. The third kappa shape index (κ3) is 11.4. The fourth-order valence-corrected chi connectivity index (χ4v) is 9.16. The number of pyridine rings is 2. The zero-order valence-electron chi connectivity index (χ0n) is 43.5. The van der Waals surface area contributed by atoms with Crippen LogP contribution in [0.15, 0.2) is 205 Å². The Morgan fingerprint density at radius 2 is 1.20 bits per heavy atom. The summed E-state index contributed by atoms with van der Waals surface area (Å²) < 4.78 is 21.6. The van der Waals surface area contributed by atoms with Crippen molar-refractivity contribution in [3.05, 3.63) is 242 Å². The van der Waals surface area contributed by atoms with Gasteiger partial charge in [-0.2, -0.15) is 0 Å². The number of rotatable bonds is 8. The number of para-hydroxylation sites is 2. The van der Waals surface area contributed by atoms with Gasteiger partial charge in [-0.05, 0) is 93.4 Å². The molecule has 0 bridgehead atoms. The summed E-state index contributed by atoms with van der Waals surface area (Å²) in [6.07, 6.45) is 5.12. The monoisotopic (exact) mass is 1170 g/mol. The van der Waals surface area contributed by atoms with E-state index in [9.17, 15) is 4.39 Å². The molecule has 0 atom stereocenters. The number of aromatic nitrogens is 6. The predicted octanol–water partition coefficient (Wildman–Crippen LogP) is 17.3. The summed E-state index contributed by atoms with van der Waals surface area (Å²) in [7, 11) is 0. The molecule has 5 aromatic heterocycles. The van der Waals surface area contributed by atoms with Crippen LogP contribution in [0.1, 0.15) is 77.3 Å². The van der Waals surface area contributed by atoms with E-state index in [0.717, 1.165) is 78.4 Å². The predicted molar refractivity (Wildman–Crippen MR) is 303 cm³/mol. The summed E-state index contributed by atoms with van der Waals surface area (Å²) in [6, 6.07) is 70.0. The van der Waals surface area contributed by atoms with E-state index >= 15 is 0 Å². The van der Waals surface area contributed by atoms with Gasteiger partial charge in [0.15, 0.2) is 0 Å². The van der Waals surface area contributed by atoms with Crippen molar-refractivity contribution in [2.24, 2.45) is 0 Å². The summed E-state index contributed by atoms with van der Waals surface area (Å²) in [4.78, 5) is 22.4. The number of fused-ring (bicyclic) bond motifs is 4. The molecule has 0 fully saturated rings. The van der Waals surface area contributed by atoms with Gasteiger partial charge in [0.05, 0.1) is 22.4 Å². The molecule has 376 valence electrons. The molecule has 9 heteroatoms. The maximum absolute atomic E-state index is 12.6. The van der Waals surface area contributed by atoms with Gasteiger partial charge in [0.25, 0.3) is 0 Å². The van der Waals surface area contributed by atoms with Crippen LogP contribution in [0.2, 0.25) is 0 Å². The second kappa shape index (κ2) is 23.1. The van der Waals surface area contributed by atoms with Gasteiger partial charge in [-0.1, -0.05) is 180 Å². The third-order valence-corrected chi connectivity index (χ3v) is 13.0. The van der Waals surface area contributed by atoms with Crippen LogP contribution < -0.4 is 0 Å². The van der Waals surface area contributed by atoms with Crippen molar-refractivity contribution in [1.29, 1.82) is 0 Å². The zero-order valence-corrected chi connectivity index (χ0v) is 45.9. The first kappa shape index (κ1) is 52.6. The summed E-state index contributed by atoms with van der Waals surface area (Å²) in [6.45, 7) is 15.4.